The van der Waals surface area contributed by atoms with Gasteiger partial charge in [0.25, 0.3) is 8.18 Å². The summed E-state index contributed by atoms with van der Waals surface area (Å²) in [7, 11) is 0.134. The largest absolute Gasteiger partial charge is 0.460 e. The quantitative estimate of drug-likeness (QED) is 0.248. The average Bonchev–Trinajstić information content (AvgIpc) is 3.51. The second kappa shape index (κ2) is 13.6. The molecular formula is C24H38FN6O7P. The molecule has 39 heavy (non-hydrogen) atoms. The highest BCUT2D eigenvalue weighted by molar-refractivity contribution is 7.36. The van der Waals surface area contributed by atoms with Gasteiger partial charge in [-0.25, -0.2) is 19.0 Å². The Hall–Kier alpha value is -2.64. The smallest absolute Gasteiger partial charge is 0.323 e. The molecule has 1 saturated heterocycles. The predicted molar refractivity (Wildman–Crippen MR) is 141 cm³/mol. The molecule has 0 aliphatic carbocycles. The highest BCUT2D eigenvalue weighted by Crippen LogP contribution is 2.30. The summed E-state index contributed by atoms with van der Waals surface area (Å²) in [5, 5.41) is 6.76. The van der Waals surface area contributed by atoms with E-state index in [1.807, 2.05) is 11.9 Å². The maximum absolute atomic E-state index is 14.7. The van der Waals surface area contributed by atoms with E-state index in [0.717, 1.165) is 13.0 Å². The van der Waals surface area contributed by atoms with Crippen molar-refractivity contribution in [2.45, 2.75) is 57.5 Å². The molecule has 15 heteroatoms. The molecule has 1 aliphatic rings. The molecule has 1 unspecified atom stereocenters. The van der Waals surface area contributed by atoms with Crippen molar-refractivity contribution in [2.75, 3.05) is 46.3 Å². The Morgan fingerprint density at radius 1 is 1.31 bits per heavy atom. The second-order valence-electron chi connectivity index (χ2n) is 10.0. The van der Waals surface area contributed by atoms with E-state index in [1.165, 1.54) is 24.9 Å². The number of rotatable bonds is 14. The van der Waals surface area contributed by atoms with E-state index in [9.17, 15) is 18.5 Å². The fourth-order valence-corrected chi connectivity index (χ4v) is 5.08. The van der Waals surface area contributed by atoms with Crippen LogP contribution in [0.4, 0.5) is 10.2 Å². The van der Waals surface area contributed by atoms with Crippen molar-refractivity contribution in [3.8, 4) is 0 Å². The number of alkyl halides is 1. The number of nitrogen functional groups attached to an aromatic ring is 1. The molecule has 5 atom stereocenters. The Bertz CT molecular complexity index is 1160. The number of likely N-dealkylation sites (N-methyl/N-ethyl adjacent to an activating group) is 1. The lowest BCUT2D eigenvalue weighted by Gasteiger charge is -2.36. The lowest BCUT2D eigenvalue weighted by atomic mass is 9.94. The van der Waals surface area contributed by atoms with Crippen LogP contribution >= 0.6 is 8.18 Å². The molecule has 0 radical (unpaired) electrons. The van der Waals surface area contributed by atoms with Crippen LogP contribution in [0.5, 0.6) is 0 Å². The monoisotopic (exact) mass is 572 g/mol. The van der Waals surface area contributed by atoms with Gasteiger partial charge in [0.1, 0.15) is 36.8 Å². The number of hydrogen-bond donors (Lipinski definition) is 2. The molecule has 1 aliphatic heterocycles. The number of carbonyl (C=O) groups is 2. The zero-order valence-corrected chi connectivity index (χ0v) is 23.9. The van der Waals surface area contributed by atoms with Gasteiger partial charge in [-0.15, -0.1) is 0 Å². The van der Waals surface area contributed by atoms with Gasteiger partial charge in [0, 0.05) is 32.3 Å². The van der Waals surface area contributed by atoms with Gasteiger partial charge in [-0.05, 0) is 32.5 Å². The van der Waals surface area contributed by atoms with Crippen LogP contribution in [0.3, 0.4) is 0 Å². The lowest BCUT2D eigenvalue weighted by molar-refractivity contribution is -0.181. The average molecular weight is 573 g/mol. The standard InChI is InChI=1S/C24H38FN6O7P/c1-15(2)22(32)38-20(10-17-6-7-19-21(26)27-14-28-31(17)19)24(12-25,35-5)13-36-39(34)29-16(3)23(33)37-18-8-9-30(4)11-18/h6-7,14-16,18,20,39H,8-13H2,1-5H3,(H,29,34)(H2,26,27,28)/t16-,18+,20-,24+/m0/s1. The van der Waals surface area contributed by atoms with E-state index in [4.69, 9.17) is 24.5 Å². The number of nitrogens with one attached hydrogen (secondary N) is 1. The minimum Gasteiger partial charge on any atom is -0.460 e. The molecule has 0 aromatic carbocycles. The first-order valence-corrected chi connectivity index (χ1v) is 14.0. The van der Waals surface area contributed by atoms with Crippen molar-refractivity contribution in [1.82, 2.24) is 24.6 Å². The van der Waals surface area contributed by atoms with Gasteiger partial charge in [-0.3, -0.25) is 14.2 Å². The molecular weight excluding hydrogens is 534 g/mol. The Kier molecular flexibility index (Phi) is 10.8. The maximum Gasteiger partial charge on any atom is 0.323 e. The third-order valence-electron chi connectivity index (χ3n) is 6.67. The molecule has 0 amide bonds. The van der Waals surface area contributed by atoms with Crippen LogP contribution < -0.4 is 10.8 Å². The van der Waals surface area contributed by atoms with Crippen LogP contribution in [-0.2, 0) is 39.3 Å². The SMILES string of the molecule is CO[C@](CF)(CO[PH](=O)N[C@@H](C)C(=O)O[C@@H]1CCN(C)C1)[C@H](Cc1ccc2c(N)ncnn12)OC(=O)C(C)C. The Morgan fingerprint density at radius 3 is 2.67 bits per heavy atom. The van der Waals surface area contributed by atoms with Crippen molar-refractivity contribution in [3.05, 3.63) is 24.2 Å². The number of likely N-dealkylation sites (tertiary alicyclic amines) is 1. The zero-order chi connectivity index (χ0) is 28.7. The highest BCUT2D eigenvalue weighted by Gasteiger charge is 2.44. The normalized spacial score (nSPS) is 20.0. The first kappa shape index (κ1) is 30.9. The third-order valence-corrected chi connectivity index (χ3v) is 7.75. The molecule has 2 aromatic rings. The van der Waals surface area contributed by atoms with E-state index in [1.54, 1.807) is 26.0 Å². The second-order valence-corrected chi connectivity index (χ2v) is 11.2. The van der Waals surface area contributed by atoms with Crippen molar-refractivity contribution in [1.29, 1.82) is 0 Å². The van der Waals surface area contributed by atoms with Crippen LogP contribution in [0.2, 0.25) is 0 Å². The number of anilines is 1. The van der Waals surface area contributed by atoms with Crippen molar-refractivity contribution < 1.29 is 37.3 Å². The first-order chi connectivity index (χ1) is 18.5. The van der Waals surface area contributed by atoms with Gasteiger partial charge < -0.3 is 29.4 Å². The number of nitrogens with two attached hydrogens (primary N) is 1. The molecule has 13 nitrogen and oxygen atoms in total. The fraction of sp³-hybridized carbons (Fsp3) is 0.667. The Morgan fingerprint density at radius 2 is 2.05 bits per heavy atom. The van der Waals surface area contributed by atoms with Gasteiger partial charge >= 0.3 is 11.9 Å². The number of fused-ring (bicyclic) bond motifs is 1. The Balaban J connectivity index is 1.72. The van der Waals surface area contributed by atoms with Crippen molar-refractivity contribution in [3.63, 3.8) is 0 Å². The van der Waals surface area contributed by atoms with Crippen LogP contribution in [0.1, 0.15) is 32.9 Å². The van der Waals surface area contributed by atoms with E-state index in [0.29, 0.717) is 17.8 Å². The van der Waals surface area contributed by atoms with Crippen LogP contribution in [-0.4, -0.2) is 95.8 Å². The summed E-state index contributed by atoms with van der Waals surface area (Å²) < 4.78 is 51.0. The highest BCUT2D eigenvalue weighted by atomic mass is 31.1. The minimum absolute atomic E-state index is 0.0167. The van der Waals surface area contributed by atoms with Crippen molar-refractivity contribution >= 4 is 31.5 Å². The maximum atomic E-state index is 14.7. The molecule has 0 spiro atoms. The summed E-state index contributed by atoms with van der Waals surface area (Å²) in [6.07, 6.45) is 0.562. The summed E-state index contributed by atoms with van der Waals surface area (Å²) >= 11 is 0. The zero-order valence-electron chi connectivity index (χ0n) is 22.9. The number of nitrogens with zero attached hydrogens (tertiary/aromatic N) is 4. The predicted octanol–water partition coefficient (Wildman–Crippen LogP) is 1.41. The summed E-state index contributed by atoms with van der Waals surface area (Å²) in [4.78, 5) is 31.0. The number of methoxy groups -OCH3 is 1. The van der Waals surface area contributed by atoms with Crippen LogP contribution in [0, 0.1) is 5.92 Å². The summed E-state index contributed by atoms with van der Waals surface area (Å²) in [5.41, 5.74) is 5.18. The number of ether oxygens (including phenoxy) is 3. The molecule has 3 rings (SSSR count). The molecule has 0 saturated carbocycles. The molecule has 2 aromatic heterocycles. The number of aromatic nitrogens is 3. The summed E-state index contributed by atoms with van der Waals surface area (Å²) in [6.45, 7) is 4.59. The molecule has 218 valence electrons. The fourth-order valence-electron chi connectivity index (χ4n) is 4.15. The summed E-state index contributed by atoms with van der Waals surface area (Å²) in [5.74, 6) is -1.40. The topological polar surface area (TPSA) is 160 Å². The van der Waals surface area contributed by atoms with Gasteiger partial charge in [0.15, 0.2) is 11.4 Å². The van der Waals surface area contributed by atoms with Gasteiger partial charge in [0.2, 0.25) is 0 Å². The number of halogens is 1. The minimum atomic E-state index is -3.05. The summed E-state index contributed by atoms with van der Waals surface area (Å²) in [6, 6.07) is 2.48. The van der Waals surface area contributed by atoms with Crippen molar-refractivity contribution in [2.24, 2.45) is 5.92 Å². The van der Waals surface area contributed by atoms with Gasteiger partial charge in [-0.2, -0.15) is 5.10 Å². The van der Waals surface area contributed by atoms with E-state index < -0.39 is 57.1 Å². The van der Waals surface area contributed by atoms with E-state index in [2.05, 4.69) is 15.2 Å². The van der Waals surface area contributed by atoms with Gasteiger partial charge in [-0.1, -0.05) is 13.8 Å². The van der Waals surface area contributed by atoms with Crippen LogP contribution in [0.15, 0.2) is 18.5 Å². The first-order valence-electron chi connectivity index (χ1n) is 12.7. The van der Waals surface area contributed by atoms with E-state index in [-0.39, 0.29) is 18.3 Å². The Labute approximate surface area is 227 Å². The molecule has 3 heterocycles. The van der Waals surface area contributed by atoms with E-state index >= 15 is 0 Å². The molecule has 1 fully saturated rings. The number of hydrogen-bond acceptors (Lipinski definition) is 11. The number of carbonyl (C=O) groups excluding carboxylic acids is 2. The van der Waals surface area contributed by atoms with Gasteiger partial charge in [0.05, 0.1) is 12.5 Å². The molecule has 0 bridgehead atoms. The lowest BCUT2D eigenvalue weighted by Crippen LogP contribution is -2.53. The number of esters is 2. The molecule has 3 N–H and O–H groups in total. The van der Waals surface area contributed by atoms with Crippen LogP contribution in [0.25, 0.3) is 5.52 Å². The third kappa shape index (κ3) is 7.73.